The zero-order chi connectivity index (χ0) is 26.3. The number of nitrogens with one attached hydrogen (secondary N) is 3. The van der Waals surface area contributed by atoms with Crippen molar-refractivity contribution in [2.24, 2.45) is 11.5 Å². The first-order valence-electron chi connectivity index (χ1n) is 10.6. The highest BCUT2D eigenvalue weighted by Crippen LogP contribution is 2.06. The molecule has 0 rings (SSSR count). The third-order valence-corrected chi connectivity index (χ3v) is 4.65. The Morgan fingerprint density at radius 1 is 0.676 bits per heavy atom. The van der Waals surface area contributed by atoms with E-state index in [0.29, 0.717) is 19.4 Å². The van der Waals surface area contributed by atoms with Gasteiger partial charge in [0.15, 0.2) is 0 Å². The van der Waals surface area contributed by atoms with Crippen molar-refractivity contribution in [2.75, 3.05) is 13.2 Å². The van der Waals surface area contributed by atoms with Gasteiger partial charge in [-0.25, -0.2) is 4.79 Å². The maximum Gasteiger partial charge on any atom is 0.326 e. The number of hydrogen-bond donors (Lipinski definition) is 9. The van der Waals surface area contributed by atoms with Crippen molar-refractivity contribution in [3.05, 3.63) is 0 Å². The third kappa shape index (κ3) is 12.7. The predicted molar refractivity (Wildman–Crippen MR) is 115 cm³/mol. The number of aliphatic hydroxyl groups is 1. The van der Waals surface area contributed by atoms with Gasteiger partial charge in [-0.3, -0.25) is 24.0 Å². The molecule has 0 saturated carbocycles. The minimum atomic E-state index is -1.59. The lowest BCUT2D eigenvalue weighted by atomic mass is 10.0. The molecule has 0 radical (unpaired) electrons. The van der Waals surface area contributed by atoms with Gasteiger partial charge in [-0.05, 0) is 38.6 Å². The number of carbonyl (C=O) groups excluding carboxylic acids is 3. The van der Waals surface area contributed by atoms with Crippen LogP contribution in [0.2, 0.25) is 0 Å². The second-order valence-electron chi connectivity index (χ2n) is 7.46. The number of aliphatic hydroxyl groups excluding tert-OH is 1. The van der Waals surface area contributed by atoms with Gasteiger partial charge in [0.1, 0.15) is 24.2 Å². The molecule has 11 N–H and O–H groups in total. The van der Waals surface area contributed by atoms with Gasteiger partial charge >= 0.3 is 17.9 Å². The molecule has 0 bridgehead atoms. The van der Waals surface area contributed by atoms with Crippen molar-refractivity contribution in [3.63, 3.8) is 0 Å². The molecule has 0 saturated heterocycles. The van der Waals surface area contributed by atoms with Crippen LogP contribution >= 0.6 is 0 Å². The lowest BCUT2D eigenvalue weighted by Crippen LogP contribution is -2.57. The maximum absolute atomic E-state index is 12.8. The van der Waals surface area contributed by atoms with E-state index >= 15 is 0 Å². The molecule has 3 amide bonds. The van der Waals surface area contributed by atoms with E-state index in [4.69, 9.17) is 26.8 Å². The second-order valence-corrected chi connectivity index (χ2v) is 7.46. The van der Waals surface area contributed by atoms with Crippen molar-refractivity contribution in [3.8, 4) is 0 Å². The Labute approximate surface area is 195 Å². The highest BCUT2D eigenvalue weighted by atomic mass is 16.4. The Morgan fingerprint density at radius 2 is 1.12 bits per heavy atom. The molecule has 0 aromatic rings. The Bertz CT molecular complexity index is 732. The fourth-order valence-electron chi connectivity index (χ4n) is 2.73. The summed E-state index contributed by atoms with van der Waals surface area (Å²) >= 11 is 0. The van der Waals surface area contributed by atoms with E-state index in [-0.39, 0.29) is 6.42 Å². The molecule has 0 aliphatic heterocycles. The van der Waals surface area contributed by atoms with Crippen molar-refractivity contribution in [2.45, 2.75) is 69.1 Å². The van der Waals surface area contributed by atoms with Gasteiger partial charge in [0.25, 0.3) is 0 Å². The number of carbonyl (C=O) groups is 6. The molecule has 4 unspecified atom stereocenters. The Kier molecular flexibility index (Phi) is 14.7. The molecule has 15 nitrogen and oxygen atoms in total. The van der Waals surface area contributed by atoms with Crippen LogP contribution in [0.3, 0.4) is 0 Å². The smallest absolute Gasteiger partial charge is 0.326 e. The van der Waals surface area contributed by atoms with E-state index in [1.807, 2.05) is 0 Å². The normalized spacial score (nSPS) is 14.2. The van der Waals surface area contributed by atoms with Crippen LogP contribution in [0.25, 0.3) is 0 Å². The van der Waals surface area contributed by atoms with Crippen LogP contribution in [0.4, 0.5) is 0 Å². The first-order valence-corrected chi connectivity index (χ1v) is 10.6. The lowest BCUT2D eigenvalue weighted by Gasteiger charge is -2.25. The highest BCUT2D eigenvalue weighted by molar-refractivity contribution is 5.94. The molecule has 194 valence electrons. The van der Waals surface area contributed by atoms with Crippen molar-refractivity contribution < 1.29 is 49.2 Å². The number of carboxylic acids is 3. The summed E-state index contributed by atoms with van der Waals surface area (Å²) in [6.07, 6.45) is -0.931. The maximum atomic E-state index is 12.8. The van der Waals surface area contributed by atoms with Crippen molar-refractivity contribution in [1.29, 1.82) is 0 Å². The topological polar surface area (TPSA) is 271 Å². The van der Waals surface area contributed by atoms with Gasteiger partial charge < -0.3 is 47.8 Å². The van der Waals surface area contributed by atoms with E-state index in [0.717, 1.165) is 0 Å². The number of amides is 3. The molecule has 0 aliphatic carbocycles. The molecule has 4 atom stereocenters. The number of rotatable bonds is 18. The highest BCUT2D eigenvalue weighted by Gasteiger charge is 2.30. The average Bonchev–Trinajstić information content (AvgIpc) is 2.77. The largest absolute Gasteiger partial charge is 0.481 e. The standard InChI is InChI=1S/C19H33N5O10/c20-8-2-1-3-11(22-16(30)10(21)9-25)17(31)23-12(4-6-14(26)27)18(32)24-13(19(33)34)5-7-15(28)29/h10-13,25H,1-9,20-21H2,(H,22,30)(H,23,31)(H,24,32)(H,26,27)(H,28,29)(H,33,34). The summed E-state index contributed by atoms with van der Waals surface area (Å²) in [6.45, 7) is -0.367. The van der Waals surface area contributed by atoms with Crippen LogP contribution in [-0.4, -0.2) is 93.4 Å². The average molecular weight is 491 g/mol. The van der Waals surface area contributed by atoms with Gasteiger partial charge in [-0.2, -0.15) is 0 Å². The van der Waals surface area contributed by atoms with Crippen molar-refractivity contribution in [1.82, 2.24) is 16.0 Å². The summed E-state index contributed by atoms with van der Waals surface area (Å²) < 4.78 is 0. The fraction of sp³-hybridized carbons (Fsp3) is 0.684. The molecule has 34 heavy (non-hydrogen) atoms. The zero-order valence-electron chi connectivity index (χ0n) is 18.6. The van der Waals surface area contributed by atoms with E-state index in [1.165, 1.54) is 0 Å². The summed E-state index contributed by atoms with van der Waals surface area (Å²) in [5.41, 5.74) is 10.9. The number of aliphatic carboxylic acids is 3. The molecule has 0 fully saturated rings. The fourth-order valence-corrected chi connectivity index (χ4v) is 2.73. The predicted octanol–water partition coefficient (Wildman–Crippen LogP) is -3.30. The van der Waals surface area contributed by atoms with Crippen molar-refractivity contribution >= 4 is 35.6 Å². The van der Waals surface area contributed by atoms with Gasteiger partial charge in [0, 0.05) is 12.8 Å². The van der Waals surface area contributed by atoms with Crippen LogP contribution in [0.5, 0.6) is 0 Å². The van der Waals surface area contributed by atoms with Crippen LogP contribution in [-0.2, 0) is 28.8 Å². The summed E-state index contributed by atoms with van der Waals surface area (Å²) in [6, 6.07) is -5.58. The first-order chi connectivity index (χ1) is 15.9. The van der Waals surface area contributed by atoms with E-state index in [1.54, 1.807) is 0 Å². The molecular weight excluding hydrogens is 458 g/mol. The third-order valence-electron chi connectivity index (χ3n) is 4.65. The Balaban J connectivity index is 5.53. The lowest BCUT2D eigenvalue weighted by molar-refractivity contribution is -0.144. The summed E-state index contributed by atoms with van der Waals surface area (Å²) in [5, 5.41) is 42.7. The number of carboxylic acid groups (broad SMARTS) is 3. The quantitative estimate of drug-likeness (QED) is 0.0853. The minimum Gasteiger partial charge on any atom is -0.481 e. The Morgan fingerprint density at radius 3 is 1.56 bits per heavy atom. The van der Waals surface area contributed by atoms with Gasteiger partial charge in [0.05, 0.1) is 6.61 Å². The number of nitrogens with two attached hydrogens (primary N) is 2. The molecular formula is C19H33N5O10. The van der Waals surface area contributed by atoms with Gasteiger partial charge in [-0.15, -0.1) is 0 Å². The van der Waals surface area contributed by atoms with Crippen LogP contribution in [0.1, 0.15) is 44.9 Å². The molecule has 0 aromatic heterocycles. The summed E-state index contributed by atoms with van der Waals surface area (Å²) in [4.78, 5) is 70.5. The second kappa shape index (κ2) is 16.3. The number of unbranched alkanes of at least 4 members (excludes halogenated alkanes) is 1. The zero-order valence-corrected chi connectivity index (χ0v) is 18.6. The summed E-state index contributed by atoms with van der Waals surface area (Å²) in [7, 11) is 0. The molecule has 0 spiro atoms. The summed E-state index contributed by atoms with van der Waals surface area (Å²) in [5.74, 6) is -6.81. The van der Waals surface area contributed by atoms with Gasteiger partial charge in [0.2, 0.25) is 17.7 Å². The van der Waals surface area contributed by atoms with E-state index < -0.39 is 92.1 Å². The van der Waals surface area contributed by atoms with Crippen LogP contribution < -0.4 is 27.4 Å². The number of hydrogen-bond acceptors (Lipinski definition) is 9. The SMILES string of the molecule is NCCCCC(NC(=O)C(N)CO)C(=O)NC(CCC(=O)O)C(=O)NC(CCC(=O)O)C(=O)O. The first kappa shape index (κ1) is 30.7. The van der Waals surface area contributed by atoms with Gasteiger partial charge in [-0.1, -0.05) is 0 Å². The molecule has 0 heterocycles. The van der Waals surface area contributed by atoms with Crippen LogP contribution in [0, 0.1) is 0 Å². The monoisotopic (exact) mass is 491 g/mol. The van der Waals surface area contributed by atoms with E-state index in [9.17, 15) is 33.9 Å². The minimum absolute atomic E-state index is 0.0938. The molecule has 0 aromatic carbocycles. The van der Waals surface area contributed by atoms with E-state index in [2.05, 4.69) is 16.0 Å². The molecule has 15 heteroatoms. The van der Waals surface area contributed by atoms with Crippen LogP contribution in [0.15, 0.2) is 0 Å². The Hall–Kier alpha value is -3.30. The molecule has 0 aliphatic rings.